The highest BCUT2D eigenvalue weighted by Gasteiger charge is 2.03. The Morgan fingerprint density at radius 2 is 2.11 bits per heavy atom. The van der Waals surface area contributed by atoms with Crippen molar-refractivity contribution in [3.63, 3.8) is 0 Å². The Kier molecular flexibility index (Phi) is 3.81. The largest absolute Gasteiger partial charge is 0.376 e. The molecule has 0 N–H and O–H groups in total. The van der Waals surface area contributed by atoms with E-state index in [1.165, 1.54) is 4.68 Å². The van der Waals surface area contributed by atoms with Crippen LogP contribution in [0.3, 0.4) is 0 Å². The Morgan fingerprint density at radius 3 is 2.72 bits per heavy atom. The molecule has 2 aromatic rings. The minimum Gasteiger partial charge on any atom is -0.376 e. The minimum absolute atomic E-state index is 0.0961. The molecule has 0 spiro atoms. The maximum atomic E-state index is 11.9. The first-order chi connectivity index (χ1) is 8.56. The first-order valence-corrected chi connectivity index (χ1v) is 6.34. The van der Waals surface area contributed by atoms with E-state index in [1.807, 2.05) is 43.3 Å². The predicted octanol–water partition coefficient (Wildman–Crippen LogP) is 2.12. The lowest BCUT2D eigenvalue weighted by Gasteiger charge is -2.12. The van der Waals surface area contributed by atoms with E-state index in [-0.39, 0.29) is 5.56 Å². The van der Waals surface area contributed by atoms with Crippen LogP contribution in [0.1, 0.15) is 5.56 Å². The third-order valence-electron chi connectivity index (χ3n) is 2.59. The standard InChI is InChI=1S/C13H14BrN3O/c1-16(2)12-7-13(18)17(15-8-12)9-10-4-3-5-11(14)6-10/h3-8H,9H2,1-2H3. The van der Waals surface area contributed by atoms with Gasteiger partial charge in [-0.15, -0.1) is 0 Å². The van der Waals surface area contributed by atoms with Gasteiger partial charge in [0.05, 0.1) is 18.4 Å². The Morgan fingerprint density at radius 1 is 1.33 bits per heavy atom. The van der Waals surface area contributed by atoms with Crippen LogP contribution in [0, 0.1) is 0 Å². The monoisotopic (exact) mass is 307 g/mol. The molecule has 94 valence electrons. The zero-order valence-electron chi connectivity index (χ0n) is 10.3. The molecule has 5 heteroatoms. The Hall–Kier alpha value is -1.62. The molecule has 1 heterocycles. The summed E-state index contributed by atoms with van der Waals surface area (Å²) >= 11 is 3.41. The van der Waals surface area contributed by atoms with Crippen molar-refractivity contribution in [3.8, 4) is 0 Å². The van der Waals surface area contributed by atoms with Crippen molar-refractivity contribution in [2.24, 2.45) is 0 Å². The molecular formula is C13H14BrN3O. The van der Waals surface area contributed by atoms with Crippen molar-refractivity contribution < 1.29 is 0 Å². The maximum Gasteiger partial charge on any atom is 0.269 e. The summed E-state index contributed by atoms with van der Waals surface area (Å²) in [5.41, 5.74) is 1.75. The molecule has 0 unspecified atom stereocenters. The zero-order valence-corrected chi connectivity index (χ0v) is 11.9. The number of rotatable bonds is 3. The average Bonchev–Trinajstić information content (AvgIpc) is 2.31. The second-order valence-electron chi connectivity index (χ2n) is 4.23. The molecule has 0 aliphatic carbocycles. The average molecular weight is 308 g/mol. The molecule has 2 rings (SSSR count). The van der Waals surface area contributed by atoms with Crippen LogP contribution in [0.2, 0.25) is 0 Å². The smallest absolute Gasteiger partial charge is 0.269 e. The molecule has 0 amide bonds. The van der Waals surface area contributed by atoms with Gasteiger partial charge in [-0.3, -0.25) is 4.79 Å². The van der Waals surface area contributed by atoms with Crippen LogP contribution in [0.25, 0.3) is 0 Å². The number of halogens is 1. The summed E-state index contributed by atoms with van der Waals surface area (Å²) in [6.07, 6.45) is 1.69. The van der Waals surface area contributed by atoms with Gasteiger partial charge in [0.25, 0.3) is 5.56 Å². The highest BCUT2D eigenvalue weighted by atomic mass is 79.9. The fourth-order valence-corrected chi connectivity index (χ4v) is 2.04. The molecule has 18 heavy (non-hydrogen) atoms. The predicted molar refractivity (Wildman–Crippen MR) is 76.1 cm³/mol. The van der Waals surface area contributed by atoms with E-state index in [0.717, 1.165) is 15.7 Å². The number of benzene rings is 1. The van der Waals surface area contributed by atoms with Crippen LogP contribution in [0.5, 0.6) is 0 Å². The van der Waals surface area contributed by atoms with E-state index in [2.05, 4.69) is 21.0 Å². The molecule has 1 aromatic carbocycles. The Balaban J connectivity index is 2.28. The van der Waals surface area contributed by atoms with Crippen molar-refractivity contribution in [1.29, 1.82) is 0 Å². The van der Waals surface area contributed by atoms with Gasteiger partial charge >= 0.3 is 0 Å². The van der Waals surface area contributed by atoms with Gasteiger partial charge in [0.2, 0.25) is 0 Å². The van der Waals surface area contributed by atoms with Gasteiger partial charge in [-0.2, -0.15) is 5.10 Å². The highest BCUT2D eigenvalue weighted by Crippen LogP contribution is 2.12. The number of aromatic nitrogens is 2. The summed E-state index contributed by atoms with van der Waals surface area (Å²) in [4.78, 5) is 13.8. The first kappa shape index (κ1) is 12.8. The molecule has 4 nitrogen and oxygen atoms in total. The number of hydrogen-bond acceptors (Lipinski definition) is 3. The van der Waals surface area contributed by atoms with Gasteiger partial charge in [0.15, 0.2) is 0 Å². The van der Waals surface area contributed by atoms with Crippen molar-refractivity contribution in [2.75, 3.05) is 19.0 Å². The lowest BCUT2D eigenvalue weighted by molar-refractivity contribution is 0.638. The molecular weight excluding hydrogens is 294 g/mol. The van der Waals surface area contributed by atoms with Crippen molar-refractivity contribution in [1.82, 2.24) is 9.78 Å². The second-order valence-corrected chi connectivity index (χ2v) is 5.15. The third kappa shape index (κ3) is 2.98. The molecule has 0 atom stereocenters. The first-order valence-electron chi connectivity index (χ1n) is 5.55. The summed E-state index contributed by atoms with van der Waals surface area (Å²) in [5, 5.41) is 4.17. The molecule has 0 bridgehead atoms. The maximum absolute atomic E-state index is 11.9. The third-order valence-corrected chi connectivity index (χ3v) is 3.09. The molecule has 0 radical (unpaired) electrons. The SMILES string of the molecule is CN(C)c1cnn(Cc2cccc(Br)c2)c(=O)c1. The van der Waals surface area contributed by atoms with Gasteiger partial charge in [0.1, 0.15) is 0 Å². The summed E-state index contributed by atoms with van der Waals surface area (Å²) < 4.78 is 2.45. The van der Waals surface area contributed by atoms with Gasteiger partial charge in [-0.05, 0) is 17.7 Å². The molecule has 0 aliphatic rings. The van der Waals surface area contributed by atoms with Gasteiger partial charge in [0, 0.05) is 24.6 Å². The lowest BCUT2D eigenvalue weighted by Crippen LogP contribution is -2.24. The van der Waals surface area contributed by atoms with Crippen molar-refractivity contribution in [3.05, 3.63) is 56.9 Å². The van der Waals surface area contributed by atoms with E-state index in [0.29, 0.717) is 6.54 Å². The van der Waals surface area contributed by atoms with E-state index in [4.69, 9.17) is 0 Å². The molecule has 0 aliphatic heterocycles. The van der Waals surface area contributed by atoms with Crippen LogP contribution < -0.4 is 10.5 Å². The van der Waals surface area contributed by atoms with E-state index in [1.54, 1.807) is 12.3 Å². The quantitative estimate of drug-likeness (QED) is 0.872. The molecule has 0 saturated heterocycles. The van der Waals surface area contributed by atoms with E-state index < -0.39 is 0 Å². The number of nitrogens with zero attached hydrogens (tertiary/aromatic N) is 3. The lowest BCUT2D eigenvalue weighted by atomic mass is 10.2. The Bertz CT molecular complexity index is 607. The van der Waals surface area contributed by atoms with Crippen LogP contribution in [-0.4, -0.2) is 23.9 Å². The zero-order chi connectivity index (χ0) is 13.1. The van der Waals surface area contributed by atoms with Gasteiger partial charge in [-0.1, -0.05) is 28.1 Å². The molecule has 0 saturated carbocycles. The van der Waals surface area contributed by atoms with Gasteiger partial charge < -0.3 is 4.90 Å². The van der Waals surface area contributed by atoms with E-state index >= 15 is 0 Å². The normalized spacial score (nSPS) is 10.4. The van der Waals surface area contributed by atoms with Crippen molar-refractivity contribution >= 4 is 21.6 Å². The summed E-state index contributed by atoms with van der Waals surface area (Å²) in [7, 11) is 3.77. The summed E-state index contributed by atoms with van der Waals surface area (Å²) in [6, 6.07) is 9.44. The van der Waals surface area contributed by atoms with Crippen molar-refractivity contribution in [2.45, 2.75) is 6.54 Å². The summed E-state index contributed by atoms with van der Waals surface area (Å²) in [5.74, 6) is 0. The van der Waals surface area contributed by atoms with Crippen LogP contribution in [0.4, 0.5) is 5.69 Å². The van der Waals surface area contributed by atoms with Crippen LogP contribution >= 0.6 is 15.9 Å². The molecule has 1 aromatic heterocycles. The van der Waals surface area contributed by atoms with Crippen LogP contribution in [-0.2, 0) is 6.54 Å². The number of hydrogen-bond donors (Lipinski definition) is 0. The van der Waals surface area contributed by atoms with Crippen LogP contribution in [0.15, 0.2) is 45.8 Å². The minimum atomic E-state index is -0.0961. The fraction of sp³-hybridized carbons (Fsp3) is 0.231. The fourth-order valence-electron chi connectivity index (χ4n) is 1.60. The Labute approximate surface area is 114 Å². The van der Waals surface area contributed by atoms with E-state index in [9.17, 15) is 4.79 Å². The topological polar surface area (TPSA) is 38.1 Å². The van der Waals surface area contributed by atoms with Gasteiger partial charge in [-0.25, -0.2) is 4.68 Å². The summed E-state index contributed by atoms with van der Waals surface area (Å²) in [6.45, 7) is 0.478. The second kappa shape index (κ2) is 5.35. The molecule has 0 fully saturated rings. The highest BCUT2D eigenvalue weighted by molar-refractivity contribution is 9.10. The number of anilines is 1.